The molecule has 0 bridgehead atoms. The lowest BCUT2D eigenvalue weighted by Gasteiger charge is -2.33. The Morgan fingerprint density at radius 3 is 2.54 bits per heavy atom. The number of Topliss-reactive ketones (excluding diaryl/α,β-unsaturated/α-hetero) is 1. The second-order valence-electron chi connectivity index (χ2n) is 10.9. The summed E-state index contributed by atoms with van der Waals surface area (Å²) in [5, 5.41) is 9.54. The molecule has 6 nitrogen and oxygen atoms in total. The van der Waals surface area contributed by atoms with Crippen molar-refractivity contribution in [2.75, 3.05) is 5.32 Å². The van der Waals surface area contributed by atoms with Crippen LogP contribution in [-0.4, -0.2) is 29.2 Å². The third-order valence-corrected chi connectivity index (χ3v) is 7.67. The Balaban J connectivity index is 1.74. The van der Waals surface area contributed by atoms with Crippen LogP contribution in [0.4, 0.5) is 10.1 Å². The van der Waals surface area contributed by atoms with Crippen molar-refractivity contribution in [3.05, 3.63) is 63.4 Å². The fourth-order valence-electron chi connectivity index (χ4n) is 5.76. The molecule has 184 valence electrons. The van der Waals surface area contributed by atoms with Gasteiger partial charge in [0.1, 0.15) is 17.1 Å². The summed E-state index contributed by atoms with van der Waals surface area (Å²) in [4.78, 5) is 39.4. The van der Waals surface area contributed by atoms with Crippen LogP contribution in [0, 0.1) is 11.2 Å². The first-order valence-electron chi connectivity index (χ1n) is 11.5. The highest BCUT2D eigenvalue weighted by Gasteiger charge is 2.79. The van der Waals surface area contributed by atoms with E-state index in [4.69, 9.17) is 23.2 Å². The molecule has 5 rings (SSSR count). The molecular formula is C26H26Cl2FN3O3. The summed E-state index contributed by atoms with van der Waals surface area (Å²) >= 11 is 12.4. The quantitative estimate of drug-likeness (QED) is 0.512. The minimum absolute atomic E-state index is 0.0250. The minimum atomic E-state index is -1.51. The maximum atomic E-state index is 15.4. The van der Waals surface area contributed by atoms with E-state index in [-0.39, 0.29) is 40.7 Å². The number of fused-ring (bicyclic) bond motifs is 3. The average Bonchev–Trinajstić information content (AvgIpc) is 3.38. The van der Waals surface area contributed by atoms with Gasteiger partial charge >= 0.3 is 0 Å². The molecule has 0 aromatic heterocycles. The average molecular weight is 518 g/mol. The summed E-state index contributed by atoms with van der Waals surface area (Å²) < 4.78 is 15.4. The molecule has 1 saturated carbocycles. The van der Waals surface area contributed by atoms with Crippen molar-refractivity contribution in [2.24, 2.45) is 5.41 Å². The molecule has 3 unspecified atom stereocenters. The Morgan fingerprint density at radius 1 is 1.17 bits per heavy atom. The number of hydrogen-bond acceptors (Lipinski definition) is 4. The van der Waals surface area contributed by atoms with E-state index in [1.54, 1.807) is 24.3 Å². The van der Waals surface area contributed by atoms with Gasteiger partial charge in [-0.1, -0.05) is 62.2 Å². The number of anilines is 1. The fraction of sp³-hybridized carbons (Fsp3) is 0.423. The maximum Gasteiger partial charge on any atom is 0.244 e. The van der Waals surface area contributed by atoms with Crippen LogP contribution in [0.5, 0.6) is 0 Å². The Hall–Kier alpha value is -2.48. The second kappa shape index (κ2) is 8.02. The first kappa shape index (κ1) is 24.2. The molecule has 35 heavy (non-hydrogen) atoms. The fourth-order valence-corrected chi connectivity index (χ4v) is 6.12. The van der Waals surface area contributed by atoms with Crippen LogP contribution < -0.4 is 16.0 Å². The van der Waals surface area contributed by atoms with E-state index in [0.717, 1.165) is 0 Å². The van der Waals surface area contributed by atoms with Crippen LogP contribution in [0.25, 0.3) is 0 Å². The Morgan fingerprint density at radius 2 is 1.89 bits per heavy atom. The molecular weight excluding hydrogens is 492 g/mol. The van der Waals surface area contributed by atoms with Crippen molar-refractivity contribution in [3.63, 3.8) is 0 Å². The highest BCUT2D eigenvalue weighted by Crippen LogP contribution is 2.63. The summed E-state index contributed by atoms with van der Waals surface area (Å²) in [6.07, 6.45) is 0.949. The summed E-state index contributed by atoms with van der Waals surface area (Å²) in [6.45, 7) is 6.12. The van der Waals surface area contributed by atoms with Gasteiger partial charge in [-0.25, -0.2) is 4.39 Å². The lowest BCUT2D eigenvalue weighted by Crippen LogP contribution is -2.55. The molecule has 2 amide bonds. The minimum Gasteiger partial charge on any atom is -0.351 e. The third-order valence-electron chi connectivity index (χ3n) is 7.15. The summed E-state index contributed by atoms with van der Waals surface area (Å²) in [5.41, 5.74) is -1.58. The maximum absolute atomic E-state index is 15.4. The van der Waals surface area contributed by atoms with Gasteiger partial charge in [-0.3, -0.25) is 19.7 Å². The van der Waals surface area contributed by atoms with Crippen molar-refractivity contribution in [1.82, 2.24) is 10.6 Å². The van der Waals surface area contributed by atoms with Crippen LogP contribution in [0.15, 0.2) is 36.4 Å². The van der Waals surface area contributed by atoms with Crippen LogP contribution in [0.2, 0.25) is 10.0 Å². The molecule has 1 aliphatic carbocycles. The zero-order valence-corrected chi connectivity index (χ0v) is 21.1. The lowest BCUT2D eigenvalue weighted by atomic mass is 9.69. The van der Waals surface area contributed by atoms with Gasteiger partial charge in [0.2, 0.25) is 11.8 Å². The van der Waals surface area contributed by atoms with Gasteiger partial charge in [-0.2, -0.15) is 0 Å². The highest BCUT2D eigenvalue weighted by atomic mass is 35.5. The van der Waals surface area contributed by atoms with E-state index in [2.05, 4.69) is 16.0 Å². The van der Waals surface area contributed by atoms with Crippen molar-refractivity contribution in [2.45, 2.75) is 63.1 Å². The molecule has 1 saturated heterocycles. The number of ketones is 1. The number of amides is 2. The lowest BCUT2D eigenvalue weighted by molar-refractivity contribution is -0.132. The zero-order valence-electron chi connectivity index (χ0n) is 19.6. The van der Waals surface area contributed by atoms with E-state index >= 15 is 4.39 Å². The number of halogens is 3. The summed E-state index contributed by atoms with van der Waals surface area (Å²) in [5.74, 6) is -2.90. The third kappa shape index (κ3) is 3.76. The van der Waals surface area contributed by atoms with Crippen molar-refractivity contribution in [3.8, 4) is 0 Å². The number of hydrogen-bond donors (Lipinski definition) is 3. The molecule has 3 atom stereocenters. The number of nitrogens with one attached hydrogen (secondary N) is 3. The van der Waals surface area contributed by atoms with Crippen LogP contribution in [0.3, 0.4) is 0 Å². The normalized spacial score (nSPS) is 27.8. The predicted octanol–water partition coefficient (Wildman–Crippen LogP) is 4.69. The molecule has 3 N–H and O–H groups in total. The number of carbonyl (C=O) groups is 3. The van der Waals surface area contributed by atoms with E-state index in [1.807, 2.05) is 20.8 Å². The van der Waals surface area contributed by atoms with Gasteiger partial charge in [0.05, 0.1) is 16.5 Å². The number of benzene rings is 2. The van der Waals surface area contributed by atoms with Gasteiger partial charge in [-0.05, 0) is 35.6 Å². The molecule has 2 aliphatic heterocycles. The van der Waals surface area contributed by atoms with Crippen LogP contribution in [0.1, 0.15) is 57.1 Å². The molecule has 2 heterocycles. The van der Waals surface area contributed by atoms with E-state index in [0.29, 0.717) is 22.7 Å². The summed E-state index contributed by atoms with van der Waals surface area (Å²) in [6, 6.07) is 9.28. The second-order valence-corrected chi connectivity index (χ2v) is 11.8. The topological polar surface area (TPSA) is 97.2 Å². The Kier molecular flexibility index (Phi) is 5.55. The van der Waals surface area contributed by atoms with Gasteiger partial charge < -0.3 is 10.6 Å². The van der Waals surface area contributed by atoms with E-state index < -0.39 is 34.6 Å². The van der Waals surface area contributed by atoms with Gasteiger partial charge in [0.15, 0.2) is 0 Å². The SMILES string of the molecule is CC(C)(C)CC12NC1(C(=O)NC1CC(=O)C1)C(c1cccc(Cl)c1F)C(=O)Nc1cc(Cl)ccc12. The molecule has 2 aromatic carbocycles. The van der Waals surface area contributed by atoms with Crippen LogP contribution >= 0.6 is 23.2 Å². The molecule has 2 fully saturated rings. The van der Waals surface area contributed by atoms with Gasteiger partial charge in [0, 0.05) is 35.2 Å². The summed E-state index contributed by atoms with van der Waals surface area (Å²) in [7, 11) is 0. The smallest absolute Gasteiger partial charge is 0.244 e. The standard InChI is InChI=1S/C26H26Cl2FN3O3/c1-24(2,3)12-25-17-8-7-13(27)9-19(17)31-22(34)20(16-5-4-6-18(28)21(16)29)26(25,32-25)23(35)30-14-10-15(33)11-14/h4-9,14,20,32H,10-12H2,1-3H3,(H,30,35)(H,31,34). The van der Waals surface area contributed by atoms with Crippen molar-refractivity contribution >= 4 is 46.5 Å². The molecule has 2 aromatic rings. The van der Waals surface area contributed by atoms with Gasteiger partial charge in [0.25, 0.3) is 0 Å². The Labute approximate surface area is 212 Å². The number of carbonyl (C=O) groups excluding carboxylic acids is 3. The first-order valence-corrected chi connectivity index (χ1v) is 12.3. The zero-order chi connectivity index (χ0) is 25.3. The monoisotopic (exact) mass is 517 g/mol. The molecule has 3 aliphatic rings. The predicted molar refractivity (Wildman–Crippen MR) is 132 cm³/mol. The molecule has 0 radical (unpaired) electrons. The van der Waals surface area contributed by atoms with E-state index in [9.17, 15) is 14.4 Å². The van der Waals surface area contributed by atoms with Crippen molar-refractivity contribution in [1.29, 1.82) is 0 Å². The van der Waals surface area contributed by atoms with Gasteiger partial charge in [-0.15, -0.1) is 0 Å². The highest BCUT2D eigenvalue weighted by molar-refractivity contribution is 6.31. The number of rotatable bonds is 4. The molecule has 0 spiro atoms. The Bertz CT molecular complexity index is 1270. The van der Waals surface area contributed by atoms with Crippen molar-refractivity contribution < 1.29 is 18.8 Å². The largest absolute Gasteiger partial charge is 0.351 e. The van der Waals surface area contributed by atoms with Crippen LogP contribution in [-0.2, 0) is 19.9 Å². The molecule has 9 heteroatoms. The van der Waals surface area contributed by atoms with E-state index in [1.165, 1.54) is 12.1 Å². The first-order chi connectivity index (χ1) is 16.4.